The normalized spacial score (nSPS) is 13.8. The molecule has 1 aliphatic heterocycles. The SMILES string of the molecule is Nc1nc(N2CCN(C(=O)COc3ccc(Cl)cc3)CC2)c2nc(-c3ccc(F)cc3)ccc2n1. The highest BCUT2D eigenvalue weighted by molar-refractivity contribution is 6.30. The van der Waals surface area contributed by atoms with E-state index in [1.54, 1.807) is 41.3 Å². The van der Waals surface area contributed by atoms with Crippen molar-refractivity contribution in [2.24, 2.45) is 0 Å². The highest BCUT2D eigenvalue weighted by Gasteiger charge is 2.24. The molecule has 0 saturated carbocycles. The fraction of sp³-hybridized carbons (Fsp3) is 0.200. The molecule has 178 valence electrons. The molecule has 8 nitrogen and oxygen atoms in total. The van der Waals surface area contributed by atoms with Gasteiger partial charge in [-0.1, -0.05) is 11.6 Å². The van der Waals surface area contributed by atoms with Crippen LogP contribution in [0.15, 0.2) is 60.7 Å². The van der Waals surface area contributed by atoms with Gasteiger partial charge in [-0.2, -0.15) is 4.98 Å². The van der Waals surface area contributed by atoms with Crippen molar-refractivity contribution in [1.29, 1.82) is 0 Å². The average molecular weight is 493 g/mol. The van der Waals surface area contributed by atoms with Gasteiger partial charge in [0.1, 0.15) is 17.1 Å². The number of nitrogens with zero attached hydrogens (tertiary/aromatic N) is 5. The number of halogens is 2. The first-order chi connectivity index (χ1) is 17.0. The largest absolute Gasteiger partial charge is 0.484 e. The molecule has 0 aliphatic carbocycles. The molecule has 4 aromatic rings. The third-order valence-corrected chi connectivity index (χ3v) is 6.04. The van der Waals surface area contributed by atoms with E-state index in [4.69, 9.17) is 27.1 Å². The molecular weight excluding hydrogens is 471 g/mol. The van der Waals surface area contributed by atoms with Crippen molar-refractivity contribution in [2.75, 3.05) is 43.4 Å². The fourth-order valence-corrected chi connectivity index (χ4v) is 4.08. The van der Waals surface area contributed by atoms with Crippen molar-refractivity contribution in [1.82, 2.24) is 19.9 Å². The number of nitrogens with two attached hydrogens (primary N) is 1. The van der Waals surface area contributed by atoms with E-state index in [2.05, 4.69) is 9.97 Å². The molecule has 10 heteroatoms. The zero-order valence-corrected chi connectivity index (χ0v) is 19.5. The summed E-state index contributed by atoms with van der Waals surface area (Å²) in [7, 11) is 0. The molecule has 2 aromatic carbocycles. The van der Waals surface area contributed by atoms with Crippen molar-refractivity contribution in [3.05, 3.63) is 71.5 Å². The number of benzene rings is 2. The number of anilines is 2. The molecule has 1 aliphatic rings. The van der Waals surface area contributed by atoms with E-state index < -0.39 is 0 Å². The first-order valence-electron chi connectivity index (χ1n) is 11.1. The lowest BCUT2D eigenvalue weighted by molar-refractivity contribution is -0.133. The Labute approximate surface area is 206 Å². The number of hydrogen-bond acceptors (Lipinski definition) is 7. The van der Waals surface area contributed by atoms with Gasteiger partial charge >= 0.3 is 0 Å². The van der Waals surface area contributed by atoms with Crippen molar-refractivity contribution >= 4 is 40.3 Å². The van der Waals surface area contributed by atoms with Crippen LogP contribution in [0.3, 0.4) is 0 Å². The lowest BCUT2D eigenvalue weighted by Crippen LogP contribution is -2.50. The molecular formula is C25H22ClFN6O2. The van der Waals surface area contributed by atoms with E-state index in [0.29, 0.717) is 59.5 Å². The quantitative estimate of drug-likeness (QED) is 0.452. The average Bonchev–Trinajstić information content (AvgIpc) is 2.88. The third kappa shape index (κ3) is 5.09. The predicted octanol–water partition coefficient (Wildman–Crippen LogP) is 3.79. The van der Waals surface area contributed by atoms with Gasteiger partial charge in [-0.15, -0.1) is 0 Å². The minimum absolute atomic E-state index is 0.0480. The van der Waals surface area contributed by atoms with Crippen LogP contribution in [0.25, 0.3) is 22.3 Å². The molecule has 1 fully saturated rings. The standard InChI is InChI=1S/C25H22ClFN6O2/c26-17-3-7-19(8-4-17)35-15-22(34)32-11-13-33(14-12-32)24-23-21(30-25(28)31-24)10-9-20(29-23)16-1-5-18(27)6-2-16/h1-10H,11-15H2,(H2,28,30,31). The second kappa shape index (κ2) is 9.71. The van der Waals surface area contributed by atoms with Crippen molar-refractivity contribution in [3.8, 4) is 17.0 Å². The smallest absolute Gasteiger partial charge is 0.260 e. The number of ether oxygens (including phenoxy) is 1. The summed E-state index contributed by atoms with van der Waals surface area (Å²) >= 11 is 5.88. The molecule has 1 amide bonds. The molecule has 35 heavy (non-hydrogen) atoms. The molecule has 3 heterocycles. The van der Waals surface area contributed by atoms with Crippen LogP contribution in [0.5, 0.6) is 5.75 Å². The van der Waals surface area contributed by atoms with Crippen LogP contribution in [0.2, 0.25) is 5.02 Å². The van der Waals surface area contributed by atoms with Crippen molar-refractivity contribution in [2.45, 2.75) is 0 Å². The summed E-state index contributed by atoms with van der Waals surface area (Å²) < 4.78 is 18.9. The zero-order valence-electron chi connectivity index (χ0n) is 18.7. The number of hydrogen-bond donors (Lipinski definition) is 1. The Hall–Kier alpha value is -3.98. The molecule has 0 spiro atoms. The van der Waals surface area contributed by atoms with Gasteiger partial charge in [0.25, 0.3) is 5.91 Å². The van der Waals surface area contributed by atoms with Gasteiger partial charge in [-0.3, -0.25) is 4.79 Å². The summed E-state index contributed by atoms with van der Waals surface area (Å²) in [4.78, 5) is 30.0. The maximum absolute atomic E-state index is 13.3. The first-order valence-corrected chi connectivity index (χ1v) is 11.5. The van der Waals surface area contributed by atoms with E-state index in [1.807, 2.05) is 17.0 Å². The summed E-state index contributed by atoms with van der Waals surface area (Å²) in [5.74, 6) is 0.952. The third-order valence-electron chi connectivity index (χ3n) is 5.79. The summed E-state index contributed by atoms with van der Waals surface area (Å²) in [5, 5.41) is 0.608. The van der Waals surface area contributed by atoms with Gasteiger partial charge < -0.3 is 20.3 Å². The number of pyridine rings is 1. The number of amides is 1. The highest BCUT2D eigenvalue weighted by atomic mass is 35.5. The molecule has 0 unspecified atom stereocenters. The van der Waals surface area contributed by atoms with Crippen LogP contribution >= 0.6 is 11.6 Å². The highest BCUT2D eigenvalue weighted by Crippen LogP contribution is 2.27. The van der Waals surface area contributed by atoms with Gasteiger partial charge in [-0.25, -0.2) is 14.4 Å². The lowest BCUT2D eigenvalue weighted by Gasteiger charge is -2.35. The maximum Gasteiger partial charge on any atom is 0.260 e. The topological polar surface area (TPSA) is 97.5 Å². The molecule has 1 saturated heterocycles. The summed E-state index contributed by atoms with van der Waals surface area (Å²) in [6, 6.07) is 16.7. The predicted molar refractivity (Wildman–Crippen MR) is 133 cm³/mol. The van der Waals surface area contributed by atoms with Crippen LogP contribution < -0.4 is 15.4 Å². The second-order valence-electron chi connectivity index (χ2n) is 8.09. The van der Waals surface area contributed by atoms with E-state index >= 15 is 0 Å². The first kappa shape index (κ1) is 22.8. The molecule has 0 radical (unpaired) electrons. The Morgan fingerprint density at radius 1 is 0.943 bits per heavy atom. The molecule has 2 N–H and O–H groups in total. The lowest BCUT2D eigenvalue weighted by atomic mass is 10.1. The maximum atomic E-state index is 13.3. The number of fused-ring (bicyclic) bond motifs is 1. The van der Waals surface area contributed by atoms with E-state index in [9.17, 15) is 9.18 Å². The van der Waals surface area contributed by atoms with Crippen LogP contribution in [-0.4, -0.2) is 58.5 Å². The fourth-order valence-electron chi connectivity index (χ4n) is 3.95. The molecule has 5 rings (SSSR count). The van der Waals surface area contributed by atoms with Gasteiger partial charge in [0, 0.05) is 36.8 Å². The minimum atomic E-state index is -0.308. The Morgan fingerprint density at radius 2 is 1.66 bits per heavy atom. The Bertz CT molecular complexity index is 1360. The van der Waals surface area contributed by atoms with E-state index in [-0.39, 0.29) is 24.3 Å². The molecule has 0 bridgehead atoms. The van der Waals surface area contributed by atoms with Crippen LogP contribution in [-0.2, 0) is 4.79 Å². The van der Waals surface area contributed by atoms with Crippen LogP contribution in [0.4, 0.5) is 16.2 Å². The van der Waals surface area contributed by atoms with Gasteiger partial charge in [0.05, 0.1) is 11.2 Å². The van der Waals surface area contributed by atoms with Gasteiger partial charge in [0.2, 0.25) is 5.95 Å². The van der Waals surface area contributed by atoms with Gasteiger partial charge in [0.15, 0.2) is 12.4 Å². The Morgan fingerprint density at radius 3 is 2.37 bits per heavy atom. The number of carbonyl (C=O) groups is 1. The second-order valence-corrected chi connectivity index (χ2v) is 8.52. The monoisotopic (exact) mass is 492 g/mol. The van der Waals surface area contributed by atoms with Crippen molar-refractivity contribution in [3.63, 3.8) is 0 Å². The van der Waals surface area contributed by atoms with Crippen LogP contribution in [0, 0.1) is 5.82 Å². The molecule has 2 aromatic heterocycles. The van der Waals surface area contributed by atoms with E-state index in [1.165, 1.54) is 12.1 Å². The van der Waals surface area contributed by atoms with Crippen LogP contribution in [0.1, 0.15) is 0 Å². The minimum Gasteiger partial charge on any atom is -0.484 e. The summed E-state index contributed by atoms with van der Waals surface area (Å²) in [6.07, 6.45) is 0. The number of rotatable bonds is 5. The van der Waals surface area contributed by atoms with Crippen molar-refractivity contribution < 1.29 is 13.9 Å². The number of aromatic nitrogens is 3. The van der Waals surface area contributed by atoms with E-state index in [0.717, 1.165) is 5.56 Å². The Balaban J connectivity index is 1.30. The molecule has 0 atom stereocenters. The summed E-state index contributed by atoms with van der Waals surface area (Å²) in [5.41, 5.74) is 8.66. The zero-order chi connectivity index (χ0) is 24.4. The number of piperazine rings is 1. The Kier molecular flexibility index (Phi) is 6.33. The van der Waals surface area contributed by atoms with Gasteiger partial charge in [-0.05, 0) is 60.7 Å². The summed E-state index contributed by atoms with van der Waals surface area (Å²) in [6.45, 7) is 2.08. The number of carbonyl (C=O) groups excluding carboxylic acids is 1. The number of nitrogen functional groups attached to an aromatic ring is 1.